The number of hydrogen-bond acceptors (Lipinski definition) is 3. The Kier molecular flexibility index (Phi) is 5.55. The van der Waals surface area contributed by atoms with Gasteiger partial charge in [-0.3, -0.25) is 4.79 Å². The smallest absolute Gasteiger partial charge is 0.321 e. The largest absolute Gasteiger partial charge is 0.324 e. The molecule has 0 bridgehead atoms. The second kappa shape index (κ2) is 8.51. The van der Waals surface area contributed by atoms with E-state index in [-0.39, 0.29) is 16.8 Å². The van der Waals surface area contributed by atoms with E-state index < -0.39 is 0 Å². The van der Waals surface area contributed by atoms with Crippen LogP contribution in [0.2, 0.25) is 0 Å². The number of benzene rings is 3. The highest BCUT2D eigenvalue weighted by atomic mass is 32.2. The molecule has 2 fully saturated rings. The molecule has 0 saturated carbocycles. The van der Waals surface area contributed by atoms with Gasteiger partial charge in [-0.15, -0.1) is 11.8 Å². The van der Waals surface area contributed by atoms with Gasteiger partial charge in [0.1, 0.15) is 0 Å². The topological polar surface area (TPSA) is 52.7 Å². The molecule has 1 spiro atoms. The van der Waals surface area contributed by atoms with Gasteiger partial charge >= 0.3 is 6.03 Å². The number of amides is 3. The van der Waals surface area contributed by atoms with Gasteiger partial charge in [-0.05, 0) is 42.8 Å². The van der Waals surface area contributed by atoms with Crippen LogP contribution in [0.1, 0.15) is 28.8 Å². The van der Waals surface area contributed by atoms with E-state index in [9.17, 15) is 9.59 Å². The van der Waals surface area contributed by atoms with Crippen LogP contribution in [-0.4, -0.2) is 52.0 Å². The Hall–Kier alpha value is -2.99. The molecular weight excluding hydrogens is 418 g/mol. The lowest BCUT2D eigenvalue weighted by Crippen LogP contribution is -2.54. The highest BCUT2D eigenvalue weighted by molar-refractivity contribution is 8.00. The third-order valence-corrected chi connectivity index (χ3v) is 8.21. The first-order valence-corrected chi connectivity index (χ1v) is 12.1. The second-order valence-electron chi connectivity index (χ2n) is 8.51. The maximum atomic E-state index is 13.3. The third kappa shape index (κ3) is 3.73. The number of rotatable bonds is 2. The SMILES string of the molecule is Cc1ccccc1C(=O)N1CCSC12CCN(C(=O)Nc1cccc3ccccc13)CC2. The Bertz CT molecular complexity index is 1170. The predicted octanol–water partition coefficient (Wildman–Crippen LogP) is 5.36. The van der Waals surface area contributed by atoms with Crippen LogP contribution in [0, 0.1) is 6.92 Å². The van der Waals surface area contributed by atoms with Crippen molar-refractivity contribution in [1.82, 2.24) is 9.80 Å². The zero-order valence-corrected chi connectivity index (χ0v) is 19.0. The molecular formula is C26H27N3O2S. The van der Waals surface area contributed by atoms with Crippen molar-refractivity contribution >= 4 is 40.2 Å². The Labute approximate surface area is 192 Å². The summed E-state index contributed by atoms with van der Waals surface area (Å²) < 4.78 is 0. The van der Waals surface area contributed by atoms with Crippen molar-refractivity contribution in [2.45, 2.75) is 24.6 Å². The molecule has 3 aromatic carbocycles. The molecule has 3 amide bonds. The molecule has 0 radical (unpaired) electrons. The van der Waals surface area contributed by atoms with Crippen molar-refractivity contribution in [3.05, 3.63) is 77.9 Å². The molecule has 0 atom stereocenters. The maximum absolute atomic E-state index is 13.3. The number of thioether (sulfide) groups is 1. The van der Waals surface area contributed by atoms with Crippen LogP contribution in [0.3, 0.4) is 0 Å². The van der Waals surface area contributed by atoms with Gasteiger partial charge in [0.05, 0.1) is 10.6 Å². The monoisotopic (exact) mass is 445 g/mol. The van der Waals surface area contributed by atoms with E-state index in [0.717, 1.165) is 52.7 Å². The molecule has 5 rings (SSSR count). The molecule has 2 heterocycles. The predicted molar refractivity (Wildman–Crippen MR) is 131 cm³/mol. The van der Waals surface area contributed by atoms with Crippen molar-refractivity contribution < 1.29 is 9.59 Å². The molecule has 2 aliphatic rings. The molecule has 6 heteroatoms. The summed E-state index contributed by atoms with van der Waals surface area (Å²) in [6.45, 7) is 4.03. The van der Waals surface area contributed by atoms with Crippen molar-refractivity contribution in [3.63, 3.8) is 0 Å². The number of nitrogens with zero attached hydrogens (tertiary/aromatic N) is 2. The fraction of sp³-hybridized carbons (Fsp3) is 0.308. The number of anilines is 1. The van der Waals surface area contributed by atoms with Crippen LogP contribution in [-0.2, 0) is 0 Å². The standard InChI is InChI=1S/C26H27N3O2S/c1-19-7-2-4-10-21(19)24(30)29-17-18-32-26(29)13-15-28(16-14-26)25(31)27-23-12-6-9-20-8-3-5-11-22(20)23/h2-12H,13-18H2,1H3,(H,27,31). The molecule has 164 valence electrons. The van der Waals surface area contributed by atoms with Crippen LogP contribution in [0.15, 0.2) is 66.7 Å². The van der Waals surface area contributed by atoms with Gasteiger partial charge in [-0.2, -0.15) is 0 Å². The number of piperidine rings is 1. The van der Waals surface area contributed by atoms with E-state index in [4.69, 9.17) is 0 Å². The van der Waals surface area contributed by atoms with Crippen molar-refractivity contribution in [3.8, 4) is 0 Å². The van der Waals surface area contributed by atoms with Crippen LogP contribution in [0.5, 0.6) is 0 Å². The average Bonchev–Trinajstić information content (AvgIpc) is 3.22. The number of nitrogens with one attached hydrogen (secondary N) is 1. The van der Waals surface area contributed by atoms with Crippen molar-refractivity contribution in [1.29, 1.82) is 0 Å². The maximum Gasteiger partial charge on any atom is 0.321 e. The number of urea groups is 1. The summed E-state index contributed by atoms with van der Waals surface area (Å²) in [6.07, 6.45) is 1.58. The summed E-state index contributed by atoms with van der Waals surface area (Å²) in [5.74, 6) is 1.06. The quantitative estimate of drug-likeness (QED) is 0.578. The fourth-order valence-electron chi connectivity index (χ4n) is 4.86. The molecule has 5 nitrogen and oxygen atoms in total. The minimum Gasteiger partial charge on any atom is -0.324 e. The Morgan fingerprint density at radius 3 is 2.44 bits per heavy atom. The highest BCUT2D eigenvalue weighted by Crippen LogP contribution is 2.44. The third-order valence-electron chi connectivity index (χ3n) is 6.66. The van der Waals surface area contributed by atoms with Gasteiger partial charge < -0.3 is 15.1 Å². The zero-order chi connectivity index (χ0) is 22.1. The number of hydrogen-bond donors (Lipinski definition) is 1. The molecule has 2 aliphatic heterocycles. The molecule has 0 unspecified atom stereocenters. The van der Waals surface area contributed by atoms with Crippen LogP contribution in [0.4, 0.5) is 10.5 Å². The second-order valence-corrected chi connectivity index (χ2v) is 9.97. The highest BCUT2D eigenvalue weighted by Gasteiger charge is 2.47. The van der Waals surface area contributed by atoms with Gasteiger partial charge in [-0.1, -0.05) is 54.6 Å². The Balaban J connectivity index is 1.28. The van der Waals surface area contributed by atoms with Gasteiger partial charge in [0.25, 0.3) is 5.91 Å². The van der Waals surface area contributed by atoms with Crippen molar-refractivity contribution in [2.75, 3.05) is 30.7 Å². The van der Waals surface area contributed by atoms with Gasteiger partial charge in [-0.25, -0.2) is 4.79 Å². The lowest BCUT2D eigenvalue weighted by Gasteiger charge is -2.44. The van der Waals surface area contributed by atoms with E-state index in [1.54, 1.807) is 0 Å². The molecule has 32 heavy (non-hydrogen) atoms. The minimum atomic E-state index is -0.213. The summed E-state index contributed by atoms with van der Waals surface area (Å²) in [7, 11) is 0. The summed E-state index contributed by atoms with van der Waals surface area (Å²) >= 11 is 1.87. The summed E-state index contributed by atoms with van der Waals surface area (Å²) in [6, 6.07) is 21.8. The van der Waals surface area contributed by atoms with E-state index in [2.05, 4.69) is 10.2 Å². The summed E-state index contributed by atoms with van der Waals surface area (Å²) in [5, 5.41) is 5.25. The first kappa shape index (κ1) is 20.9. The normalized spacial score (nSPS) is 17.7. The zero-order valence-electron chi connectivity index (χ0n) is 18.2. The fourth-order valence-corrected chi connectivity index (χ4v) is 6.31. The average molecular weight is 446 g/mol. The van der Waals surface area contributed by atoms with E-state index in [0.29, 0.717) is 13.1 Å². The number of carbonyl (C=O) groups excluding carboxylic acids is 2. The number of aryl methyl sites for hydroxylation is 1. The van der Waals surface area contributed by atoms with Gasteiger partial charge in [0, 0.05) is 36.3 Å². The number of carbonyl (C=O) groups is 2. The lowest BCUT2D eigenvalue weighted by atomic mass is 10.00. The van der Waals surface area contributed by atoms with Gasteiger partial charge in [0.15, 0.2) is 0 Å². The first-order chi connectivity index (χ1) is 15.6. The molecule has 1 N–H and O–H groups in total. The van der Waals surface area contributed by atoms with E-state index >= 15 is 0 Å². The molecule has 0 aromatic heterocycles. The van der Waals surface area contributed by atoms with E-state index in [1.165, 1.54) is 0 Å². The lowest BCUT2D eigenvalue weighted by molar-refractivity contribution is 0.0585. The molecule has 0 aliphatic carbocycles. The van der Waals surface area contributed by atoms with Gasteiger partial charge in [0.2, 0.25) is 0 Å². The molecule has 2 saturated heterocycles. The first-order valence-electron chi connectivity index (χ1n) is 11.1. The number of fused-ring (bicyclic) bond motifs is 1. The summed E-state index contributed by atoms with van der Waals surface area (Å²) in [5.41, 5.74) is 2.63. The van der Waals surface area contributed by atoms with Crippen LogP contribution in [0.25, 0.3) is 10.8 Å². The Morgan fingerprint density at radius 1 is 0.906 bits per heavy atom. The summed E-state index contributed by atoms with van der Waals surface area (Å²) in [4.78, 5) is 30.1. The minimum absolute atomic E-state index is 0.0732. The van der Waals surface area contributed by atoms with Crippen LogP contribution < -0.4 is 5.32 Å². The van der Waals surface area contributed by atoms with Crippen molar-refractivity contribution in [2.24, 2.45) is 0 Å². The van der Waals surface area contributed by atoms with E-state index in [1.807, 2.05) is 90.3 Å². The molecule has 3 aromatic rings. The number of likely N-dealkylation sites (tertiary alicyclic amines) is 1. The Morgan fingerprint density at radius 2 is 1.62 bits per heavy atom. The van der Waals surface area contributed by atoms with Crippen LogP contribution >= 0.6 is 11.8 Å².